The van der Waals surface area contributed by atoms with Gasteiger partial charge in [0, 0.05) is 12.0 Å². The Balaban J connectivity index is 1.74. The van der Waals surface area contributed by atoms with Crippen LogP contribution >= 0.6 is 11.3 Å². The number of ether oxygens (including phenoxy) is 1. The van der Waals surface area contributed by atoms with Gasteiger partial charge in [0.25, 0.3) is 0 Å². The Kier molecular flexibility index (Phi) is 4.85. The molecule has 146 valence electrons. The maximum absolute atomic E-state index is 13.6. The monoisotopic (exact) mass is 396 g/mol. The summed E-state index contributed by atoms with van der Waals surface area (Å²) in [7, 11) is 0. The summed E-state index contributed by atoms with van der Waals surface area (Å²) in [6.45, 7) is 4.82. The molecule has 0 radical (unpaired) electrons. The first-order valence-electron chi connectivity index (χ1n) is 9.41. The highest BCUT2D eigenvalue weighted by atomic mass is 32.1. The van der Waals surface area contributed by atoms with Gasteiger partial charge >= 0.3 is 0 Å². The number of hydrogen-bond donors (Lipinski definition) is 1. The molecule has 0 bridgehead atoms. The van der Waals surface area contributed by atoms with Gasteiger partial charge < -0.3 is 14.9 Å². The summed E-state index contributed by atoms with van der Waals surface area (Å²) in [6, 6.07) is 14.0. The molecule has 2 atom stereocenters. The fraction of sp³-hybridized carbons (Fsp3) is 0.364. The zero-order chi connectivity index (χ0) is 19.8. The Bertz CT molecular complexity index is 949. The molecule has 2 N–H and O–H groups in total. The summed E-state index contributed by atoms with van der Waals surface area (Å²) in [5, 5.41) is 0.395. The first-order valence-corrected chi connectivity index (χ1v) is 10.2. The summed E-state index contributed by atoms with van der Waals surface area (Å²) in [5.41, 5.74) is 5.93. The molecule has 2 unspecified atom stereocenters. The van der Waals surface area contributed by atoms with Gasteiger partial charge in [0.05, 0.1) is 28.9 Å². The molecule has 28 heavy (non-hydrogen) atoms. The van der Waals surface area contributed by atoms with Crippen LogP contribution in [0.1, 0.15) is 47.7 Å². The van der Waals surface area contributed by atoms with Crippen molar-refractivity contribution in [3.63, 3.8) is 0 Å². The standard InChI is InChI=1S/C22H24N2O3S/c1-21(2,15-7-4-3-5-8-15)18-13-22(10-12-27-18,17-9-6-11-26-17)19(25)16-14-24-20(23)28-16/h3-9,11,14,18H,10,12-13H2,1-2H3,(H2,23,24). The minimum atomic E-state index is -0.780. The smallest absolute Gasteiger partial charge is 0.188 e. The fourth-order valence-electron chi connectivity index (χ4n) is 4.09. The zero-order valence-corrected chi connectivity index (χ0v) is 16.9. The second kappa shape index (κ2) is 7.18. The number of nitrogen functional groups attached to an aromatic ring is 1. The van der Waals surface area contributed by atoms with Gasteiger partial charge in [-0.25, -0.2) is 4.98 Å². The van der Waals surface area contributed by atoms with Crippen molar-refractivity contribution in [3.05, 3.63) is 71.1 Å². The third-order valence-electron chi connectivity index (χ3n) is 5.88. The summed E-state index contributed by atoms with van der Waals surface area (Å²) in [5.74, 6) is 0.690. The Morgan fingerprint density at radius 2 is 2.04 bits per heavy atom. The fourth-order valence-corrected chi connectivity index (χ4v) is 4.82. The van der Waals surface area contributed by atoms with E-state index in [-0.39, 0.29) is 17.3 Å². The first-order chi connectivity index (χ1) is 13.4. The van der Waals surface area contributed by atoms with Crippen LogP contribution in [-0.2, 0) is 15.6 Å². The topological polar surface area (TPSA) is 78.4 Å². The second-order valence-corrected chi connectivity index (χ2v) is 8.91. The van der Waals surface area contributed by atoms with Gasteiger partial charge in [0.15, 0.2) is 10.9 Å². The highest BCUT2D eigenvalue weighted by Crippen LogP contribution is 2.46. The molecule has 3 heterocycles. The van der Waals surface area contributed by atoms with Crippen molar-refractivity contribution >= 4 is 22.3 Å². The van der Waals surface area contributed by atoms with E-state index in [1.54, 1.807) is 12.5 Å². The number of ketones is 1. The maximum atomic E-state index is 13.6. The summed E-state index contributed by atoms with van der Waals surface area (Å²) < 4.78 is 12.0. The van der Waals surface area contributed by atoms with Crippen LogP contribution in [0.2, 0.25) is 0 Å². The number of Topliss-reactive ketones (excluding diaryl/α,β-unsaturated/α-hetero) is 1. The van der Waals surface area contributed by atoms with Gasteiger partial charge in [0.2, 0.25) is 0 Å². The lowest BCUT2D eigenvalue weighted by Crippen LogP contribution is -2.50. The lowest BCUT2D eigenvalue weighted by molar-refractivity contribution is -0.0538. The molecule has 0 amide bonds. The SMILES string of the molecule is CC(C)(c1ccccc1)C1CC(C(=O)c2cnc(N)s2)(c2ccco2)CCO1. The number of carbonyl (C=O) groups excluding carboxylic acids is 1. The van der Waals surface area contributed by atoms with Crippen LogP contribution in [0.5, 0.6) is 0 Å². The number of nitrogens with two attached hydrogens (primary N) is 1. The molecule has 0 saturated carbocycles. The van der Waals surface area contributed by atoms with Crippen LogP contribution in [0.3, 0.4) is 0 Å². The van der Waals surface area contributed by atoms with E-state index in [1.165, 1.54) is 16.9 Å². The molecular formula is C22H24N2O3S. The van der Waals surface area contributed by atoms with Crippen LogP contribution < -0.4 is 5.73 Å². The molecule has 2 aromatic heterocycles. The van der Waals surface area contributed by atoms with Crippen molar-refractivity contribution in [1.82, 2.24) is 4.98 Å². The predicted octanol–water partition coefficient (Wildman–Crippen LogP) is 4.60. The van der Waals surface area contributed by atoms with E-state index >= 15 is 0 Å². The normalized spacial score (nSPS) is 22.9. The van der Waals surface area contributed by atoms with Gasteiger partial charge in [-0.1, -0.05) is 55.5 Å². The molecule has 5 nitrogen and oxygen atoms in total. The average Bonchev–Trinajstić information content (AvgIpc) is 3.40. The quantitative estimate of drug-likeness (QED) is 0.638. The number of furan rings is 1. The van der Waals surface area contributed by atoms with Crippen molar-refractivity contribution in [2.75, 3.05) is 12.3 Å². The highest BCUT2D eigenvalue weighted by molar-refractivity contribution is 7.17. The predicted molar refractivity (Wildman–Crippen MR) is 110 cm³/mol. The number of hydrogen-bond acceptors (Lipinski definition) is 6. The van der Waals surface area contributed by atoms with Gasteiger partial charge in [0.1, 0.15) is 5.76 Å². The molecular weight excluding hydrogens is 372 g/mol. The van der Waals surface area contributed by atoms with Crippen LogP contribution in [0, 0.1) is 0 Å². The molecule has 1 saturated heterocycles. The minimum Gasteiger partial charge on any atom is -0.468 e. The number of carbonyl (C=O) groups is 1. The van der Waals surface area contributed by atoms with Crippen molar-refractivity contribution in [1.29, 1.82) is 0 Å². The molecule has 0 aliphatic carbocycles. The Morgan fingerprint density at radius 3 is 2.68 bits per heavy atom. The van der Waals surface area contributed by atoms with Crippen molar-refractivity contribution in [3.8, 4) is 0 Å². The lowest BCUT2D eigenvalue weighted by atomic mass is 9.66. The van der Waals surface area contributed by atoms with Gasteiger partial charge in [-0.2, -0.15) is 0 Å². The number of thiazole rings is 1. The van der Waals surface area contributed by atoms with E-state index < -0.39 is 5.41 Å². The summed E-state index contributed by atoms with van der Waals surface area (Å²) in [6.07, 6.45) is 4.17. The molecule has 0 spiro atoms. The third-order valence-corrected chi connectivity index (χ3v) is 6.70. The molecule has 4 rings (SSSR count). The Hall–Kier alpha value is -2.44. The number of benzene rings is 1. The van der Waals surface area contributed by atoms with E-state index in [2.05, 4.69) is 31.0 Å². The van der Waals surface area contributed by atoms with Crippen LogP contribution in [0.25, 0.3) is 0 Å². The molecule has 1 aliphatic rings. The van der Waals surface area contributed by atoms with E-state index in [1.807, 2.05) is 30.3 Å². The average molecular weight is 397 g/mol. The largest absolute Gasteiger partial charge is 0.468 e. The van der Waals surface area contributed by atoms with E-state index in [9.17, 15) is 4.79 Å². The number of anilines is 1. The van der Waals surface area contributed by atoms with E-state index in [0.717, 1.165) is 0 Å². The van der Waals surface area contributed by atoms with E-state index in [0.29, 0.717) is 35.2 Å². The number of nitrogens with zero attached hydrogens (tertiary/aromatic N) is 1. The molecule has 1 aliphatic heterocycles. The maximum Gasteiger partial charge on any atom is 0.188 e. The highest BCUT2D eigenvalue weighted by Gasteiger charge is 2.51. The number of aromatic nitrogens is 1. The zero-order valence-electron chi connectivity index (χ0n) is 16.1. The van der Waals surface area contributed by atoms with Gasteiger partial charge in [-0.3, -0.25) is 4.79 Å². The molecule has 1 aromatic carbocycles. The number of rotatable bonds is 5. The summed E-state index contributed by atoms with van der Waals surface area (Å²) >= 11 is 1.23. The van der Waals surface area contributed by atoms with Crippen LogP contribution in [0.4, 0.5) is 5.13 Å². The van der Waals surface area contributed by atoms with Crippen LogP contribution in [0.15, 0.2) is 59.3 Å². The Labute approximate surface area is 168 Å². The molecule has 3 aromatic rings. The van der Waals surface area contributed by atoms with Crippen molar-refractivity contribution < 1.29 is 13.9 Å². The van der Waals surface area contributed by atoms with Crippen molar-refractivity contribution in [2.45, 2.75) is 43.6 Å². The van der Waals surface area contributed by atoms with Crippen molar-refractivity contribution in [2.24, 2.45) is 0 Å². The second-order valence-electron chi connectivity index (χ2n) is 7.85. The minimum absolute atomic E-state index is 0.00816. The van der Waals surface area contributed by atoms with Gasteiger partial charge in [-0.05, 0) is 30.5 Å². The summed E-state index contributed by atoms with van der Waals surface area (Å²) in [4.78, 5) is 18.3. The van der Waals surface area contributed by atoms with Crippen LogP contribution in [-0.4, -0.2) is 23.5 Å². The van der Waals surface area contributed by atoms with Gasteiger partial charge in [-0.15, -0.1) is 0 Å². The Morgan fingerprint density at radius 1 is 1.25 bits per heavy atom. The lowest BCUT2D eigenvalue weighted by Gasteiger charge is -2.44. The molecule has 1 fully saturated rings. The molecule has 6 heteroatoms. The third kappa shape index (κ3) is 3.16. The first kappa shape index (κ1) is 18.9. The van der Waals surface area contributed by atoms with E-state index in [4.69, 9.17) is 14.9 Å².